The van der Waals surface area contributed by atoms with E-state index in [-0.39, 0.29) is 5.91 Å². The van der Waals surface area contributed by atoms with Crippen molar-refractivity contribution in [1.82, 2.24) is 4.98 Å². The van der Waals surface area contributed by atoms with Crippen molar-refractivity contribution in [2.75, 3.05) is 12.5 Å². The minimum Gasteiger partial charge on any atom is -0.265 e. The number of aromatic nitrogens is 1. The van der Waals surface area contributed by atoms with E-state index >= 15 is 0 Å². The van der Waals surface area contributed by atoms with E-state index in [0.29, 0.717) is 5.69 Å². The summed E-state index contributed by atoms with van der Waals surface area (Å²) in [5.41, 5.74) is 0.360. The standard InChI is InChI=1S/C9H9BrN2OS2/c1-14-9(15-2)12-8(13)7-4-3-6(10)5-11-7/h3-5H,1-2H3. The van der Waals surface area contributed by atoms with Crippen molar-refractivity contribution in [2.24, 2.45) is 4.99 Å². The van der Waals surface area contributed by atoms with Crippen molar-refractivity contribution in [3.8, 4) is 0 Å². The first-order valence-corrected chi connectivity index (χ1v) is 7.24. The van der Waals surface area contributed by atoms with Crippen LogP contribution in [0.1, 0.15) is 10.5 Å². The van der Waals surface area contributed by atoms with Crippen molar-refractivity contribution < 1.29 is 4.79 Å². The fourth-order valence-electron chi connectivity index (χ4n) is 0.817. The van der Waals surface area contributed by atoms with Gasteiger partial charge < -0.3 is 0 Å². The lowest BCUT2D eigenvalue weighted by atomic mass is 10.3. The fraction of sp³-hybridized carbons (Fsp3) is 0.222. The molecule has 6 heteroatoms. The van der Waals surface area contributed by atoms with Crippen molar-refractivity contribution >= 4 is 49.7 Å². The van der Waals surface area contributed by atoms with E-state index in [4.69, 9.17) is 0 Å². The molecule has 0 radical (unpaired) electrons. The third-order valence-electron chi connectivity index (χ3n) is 1.49. The summed E-state index contributed by atoms with van der Waals surface area (Å²) in [5, 5.41) is 0. The minimum absolute atomic E-state index is 0.304. The summed E-state index contributed by atoms with van der Waals surface area (Å²) in [4.78, 5) is 19.5. The predicted octanol–water partition coefficient (Wildman–Crippen LogP) is 3.07. The van der Waals surface area contributed by atoms with Gasteiger partial charge >= 0.3 is 0 Å². The third-order valence-corrected chi connectivity index (χ3v) is 3.84. The normalized spacial score (nSPS) is 9.80. The van der Waals surface area contributed by atoms with Gasteiger partial charge in [0.1, 0.15) is 10.1 Å². The molecule has 0 atom stereocenters. The van der Waals surface area contributed by atoms with Gasteiger partial charge in [-0.2, -0.15) is 4.99 Å². The van der Waals surface area contributed by atoms with Crippen molar-refractivity contribution in [3.63, 3.8) is 0 Å². The summed E-state index contributed by atoms with van der Waals surface area (Å²) in [6, 6.07) is 3.42. The molecule has 0 fully saturated rings. The predicted molar refractivity (Wildman–Crippen MR) is 70.7 cm³/mol. The van der Waals surface area contributed by atoms with E-state index in [0.717, 1.165) is 8.85 Å². The Labute approximate surface area is 105 Å². The van der Waals surface area contributed by atoms with E-state index in [2.05, 4.69) is 25.9 Å². The first kappa shape index (κ1) is 12.7. The van der Waals surface area contributed by atoms with Crippen LogP contribution in [-0.4, -0.2) is 27.8 Å². The zero-order chi connectivity index (χ0) is 11.3. The van der Waals surface area contributed by atoms with E-state index in [1.807, 2.05) is 12.5 Å². The molecule has 0 aliphatic heterocycles. The van der Waals surface area contributed by atoms with Crippen LogP contribution in [0.2, 0.25) is 0 Å². The van der Waals surface area contributed by atoms with Crippen LogP contribution in [0.5, 0.6) is 0 Å². The van der Waals surface area contributed by atoms with E-state index < -0.39 is 0 Å². The number of hydrogen-bond donors (Lipinski definition) is 0. The molecule has 1 aromatic heterocycles. The smallest absolute Gasteiger partial charge is 0.265 e. The summed E-state index contributed by atoms with van der Waals surface area (Å²) in [5.74, 6) is -0.304. The maximum atomic E-state index is 11.6. The highest BCUT2D eigenvalue weighted by Gasteiger charge is 2.06. The number of hydrogen-bond acceptors (Lipinski definition) is 4. The number of aliphatic imine (C=N–C) groups is 1. The van der Waals surface area contributed by atoms with E-state index in [1.165, 1.54) is 23.5 Å². The quantitative estimate of drug-likeness (QED) is 0.591. The molecule has 1 rings (SSSR count). The lowest BCUT2D eigenvalue weighted by Gasteiger charge is -1.98. The zero-order valence-corrected chi connectivity index (χ0v) is 11.4. The molecular formula is C9H9BrN2OS2. The average molecular weight is 305 g/mol. The maximum absolute atomic E-state index is 11.6. The molecule has 0 unspecified atom stereocenters. The van der Waals surface area contributed by atoms with Crippen LogP contribution in [0.25, 0.3) is 0 Å². The highest BCUT2D eigenvalue weighted by molar-refractivity contribution is 9.10. The molecule has 3 nitrogen and oxygen atoms in total. The molecule has 1 amide bonds. The van der Waals surface area contributed by atoms with Gasteiger partial charge in [0.15, 0.2) is 0 Å². The molecule has 0 bridgehead atoms. The molecule has 0 N–H and O–H groups in total. The Hall–Kier alpha value is -0.330. The fourth-order valence-corrected chi connectivity index (χ4v) is 2.07. The van der Waals surface area contributed by atoms with Crippen molar-refractivity contribution in [2.45, 2.75) is 0 Å². The SMILES string of the molecule is CSC(=NC(=O)c1ccc(Br)cn1)SC. The second-order valence-corrected chi connectivity index (χ2v) is 5.22. The largest absolute Gasteiger partial charge is 0.297 e. The molecule has 0 saturated carbocycles. The summed E-state index contributed by atoms with van der Waals surface area (Å²) >= 11 is 6.16. The molecule has 0 aromatic carbocycles. The molecule has 15 heavy (non-hydrogen) atoms. The number of carbonyl (C=O) groups is 1. The molecule has 0 spiro atoms. The Morgan fingerprint density at radius 1 is 1.40 bits per heavy atom. The van der Waals surface area contributed by atoms with Gasteiger partial charge in [-0.05, 0) is 40.6 Å². The Morgan fingerprint density at radius 3 is 2.53 bits per heavy atom. The Morgan fingerprint density at radius 2 is 2.07 bits per heavy atom. The number of thioether (sulfide) groups is 2. The second kappa shape index (κ2) is 6.30. The molecule has 0 aliphatic rings. The number of rotatable bonds is 1. The summed E-state index contributed by atoms with van der Waals surface area (Å²) in [6.45, 7) is 0. The van der Waals surface area contributed by atoms with Crippen LogP contribution in [0.4, 0.5) is 0 Å². The summed E-state index contributed by atoms with van der Waals surface area (Å²) in [7, 11) is 0. The summed E-state index contributed by atoms with van der Waals surface area (Å²) < 4.78 is 1.59. The highest BCUT2D eigenvalue weighted by atomic mass is 79.9. The molecular weight excluding hydrogens is 296 g/mol. The van der Waals surface area contributed by atoms with Gasteiger partial charge in [0.2, 0.25) is 0 Å². The van der Waals surface area contributed by atoms with Crippen LogP contribution >= 0.6 is 39.5 Å². The molecule has 0 saturated heterocycles. The Kier molecular flexibility index (Phi) is 5.35. The molecule has 1 heterocycles. The van der Waals surface area contributed by atoms with Gasteiger partial charge in [-0.25, -0.2) is 4.98 Å². The number of pyridine rings is 1. The third kappa shape index (κ3) is 3.96. The van der Waals surface area contributed by atoms with Crippen LogP contribution in [0.15, 0.2) is 27.8 Å². The Bertz CT molecular complexity index is 372. The van der Waals surface area contributed by atoms with Crippen molar-refractivity contribution in [3.05, 3.63) is 28.5 Å². The summed E-state index contributed by atoms with van der Waals surface area (Å²) in [6.07, 6.45) is 5.36. The van der Waals surface area contributed by atoms with E-state index in [9.17, 15) is 4.79 Å². The minimum atomic E-state index is -0.304. The van der Waals surface area contributed by atoms with Gasteiger partial charge in [0, 0.05) is 10.7 Å². The average Bonchev–Trinajstić information content (AvgIpc) is 2.26. The van der Waals surface area contributed by atoms with Crippen LogP contribution in [-0.2, 0) is 0 Å². The van der Waals surface area contributed by atoms with Gasteiger partial charge in [0.25, 0.3) is 5.91 Å². The number of halogens is 1. The van der Waals surface area contributed by atoms with Gasteiger partial charge in [-0.3, -0.25) is 4.79 Å². The highest BCUT2D eigenvalue weighted by Crippen LogP contribution is 2.13. The number of amides is 1. The van der Waals surface area contributed by atoms with E-state index in [1.54, 1.807) is 18.3 Å². The zero-order valence-electron chi connectivity index (χ0n) is 8.23. The maximum Gasteiger partial charge on any atom is 0.297 e. The van der Waals surface area contributed by atoms with Crippen LogP contribution in [0, 0.1) is 0 Å². The number of carbonyl (C=O) groups excluding carboxylic acids is 1. The second-order valence-electron chi connectivity index (χ2n) is 2.45. The lowest BCUT2D eigenvalue weighted by molar-refractivity contribution is 0.0999. The van der Waals surface area contributed by atoms with Gasteiger partial charge in [0.05, 0.1) is 0 Å². The first-order chi connectivity index (χ1) is 7.17. The van der Waals surface area contributed by atoms with Crippen LogP contribution in [0.3, 0.4) is 0 Å². The Balaban J connectivity index is 2.85. The molecule has 80 valence electrons. The van der Waals surface area contributed by atoms with Crippen LogP contribution < -0.4 is 0 Å². The molecule has 1 aromatic rings. The molecule has 0 aliphatic carbocycles. The van der Waals surface area contributed by atoms with Gasteiger partial charge in [-0.15, -0.1) is 23.5 Å². The lowest BCUT2D eigenvalue weighted by Crippen LogP contribution is -2.00. The van der Waals surface area contributed by atoms with Crippen molar-refractivity contribution in [1.29, 1.82) is 0 Å². The van der Waals surface area contributed by atoms with Gasteiger partial charge in [-0.1, -0.05) is 0 Å². The number of nitrogens with zero attached hydrogens (tertiary/aromatic N) is 2. The monoisotopic (exact) mass is 304 g/mol. The topological polar surface area (TPSA) is 42.3 Å². The first-order valence-electron chi connectivity index (χ1n) is 4.00.